The first-order valence-corrected chi connectivity index (χ1v) is 21.7. The maximum atomic E-state index is 13.1. The molecule has 0 unspecified atom stereocenters. The zero-order valence-corrected chi connectivity index (χ0v) is 36.3. The number of likely N-dealkylation sites (tertiary alicyclic amines) is 2. The van der Waals surface area contributed by atoms with Crippen LogP contribution in [0.15, 0.2) is 37.4 Å². The van der Waals surface area contributed by atoms with E-state index in [2.05, 4.69) is 49.2 Å². The Morgan fingerprint density at radius 1 is 0.814 bits per heavy atom. The Morgan fingerprint density at radius 3 is 1.75 bits per heavy atom. The highest BCUT2D eigenvalue weighted by Crippen LogP contribution is 2.64. The molecule has 2 aromatic carbocycles. The van der Waals surface area contributed by atoms with Crippen LogP contribution in [0.1, 0.15) is 121 Å². The van der Waals surface area contributed by atoms with E-state index in [-0.39, 0.29) is 46.6 Å². The number of piperidine rings is 2. The average Bonchev–Trinajstić information content (AvgIpc) is 3.76. The van der Waals surface area contributed by atoms with E-state index < -0.39 is 23.1 Å². The number of phenols is 1. The van der Waals surface area contributed by atoms with Crippen LogP contribution in [0.25, 0.3) is 0 Å². The van der Waals surface area contributed by atoms with E-state index in [0.717, 1.165) is 68.5 Å². The summed E-state index contributed by atoms with van der Waals surface area (Å²) in [5.74, 6) is 2.04. The first-order valence-electron chi connectivity index (χ1n) is 21.7. The minimum absolute atomic E-state index is 0.172. The number of benzene rings is 2. The van der Waals surface area contributed by atoms with Gasteiger partial charge in [-0.3, -0.25) is 19.2 Å². The highest BCUT2D eigenvalue weighted by atomic mass is 16.6. The van der Waals surface area contributed by atoms with Gasteiger partial charge >= 0.3 is 11.9 Å². The van der Waals surface area contributed by atoms with Gasteiger partial charge in [0.05, 0.1) is 5.41 Å². The van der Waals surface area contributed by atoms with Crippen molar-refractivity contribution in [2.75, 3.05) is 27.2 Å². The highest BCUT2D eigenvalue weighted by Gasteiger charge is 2.67. The fourth-order valence-electron chi connectivity index (χ4n) is 12.1. The first-order chi connectivity index (χ1) is 27.9. The topological polar surface area (TPSA) is 143 Å². The van der Waals surface area contributed by atoms with Gasteiger partial charge in [0.2, 0.25) is 0 Å². The molecule has 0 radical (unpaired) electrons. The number of hydrogen-bond acceptors (Lipinski definition) is 10. The second-order valence-electron chi connectivity index (χ2n) is 19.1. The molecule has 2 spiro atoms. The molecule has 0 amide bonds. The van der Waals surface area contributed by atoms with Gasteiger partial charge in [-0.25, -0.2) is 0 Å². The third-order valence-corrected chi connectivity index (χ3v) is 15.5. The molecular weight excluding hydrogens is 749 g/mol. The number of likely N-dealkylation sites (N-methyl/N-ethyl adjacent to an activating group) is 2. The zero-order valence-electron chi connectivity index (χ0n) is 36.3. The van der Waals surface area contributed by atoms with Gasteiger partial charge < -0.3 is 34.2 Å². The van der Waals surface area contributed by atoms with E-state index in [1.165, 1.54) is 16.7 Å². The van der Waals surface area contributed by atoms with Crippen molar-refractivity contribution in [3.63, 3.8) is 0 Å². The van der Waals surface area contributed by atoms with Crippen LogP contribution in [0.4, 0.5) is 0 Å². The third kappa shape index (κ3) is 6.43. The van der Waals surface area contributed by atoms with E-state index >= 15 is 0 Å². The minimum atomic E-state index is -0.834. The number of nitrogens with zero attached hydrogens (tertiary/aromatic N) is 2. The molecule has 0 aromatic heterocycles. The number of hydrogen-bond donors (Lipinski definition) is 2. The second-order valence-corrected chi connectivity index (χ2v) is 19.1. The molecule has 2 N–H and O–H groups in total. The molecule has 4 heterocycles. The van der Waals surface area contributed by atoms with Crippen molar-refractivity contribution in [1.29, 1.82) is 0 Å². The lowest BCUT2D eigenvalue weighted by Crippen LogP contribution is -2.65. The fraction of sp³-hybridized carbons (Fsp3) is 0.625. The summed E-state index contributed by atoms with van der Waals surface area (Å²) in [6, 6.07) is 8.99. The van der Waals surface area contributed by atoms with Crippen LogP contribution < -0.4 is 9.47 Å². The number of carbonyl (C=O) groups excluding carboxylic acids is 3. The number of carbonyl (C=O) groups is 4. The highest BCUT2D eigenvalue weighted by molar-refractivity contribution is 5.90. The van der Waals surface area contributed by atoms with Crippen LogP contribution >= 0.6 is 0 Å². The lowest BCUT2D eigenvalue weighted by Gasteiger charge is -2.57. The van der Waals surface area contributed by atoms with E-state index in [4.69, 9.17) is 19.3 Å². The van der Waals surface area contributed by atoms with Gasteiger partial charge in [0, 0.05) is 58.9 Å². The van der Waals surface area contributed by atoms with Crippen LogP contribution in [0.5, 0.6) is 17.2 Å². The summed E-state index contributed by atoms with van der Waals surface area (Å²) in [5.41, 5.74) is 4.11. The third-order valence-electron chi connectivity index (χ3n) is 15.5. The molecule has 4 bridgehead atoms. The number of Topliss-reactive ketones (excluding diaryl/α,β-unsaturated/α-hetero) is 2. The Hall–Kier alpha value is -4.22. The van der Waals surface area contributed by atoms with Crippen molar-refractivity contribution in [3.05, 3.63) is 65.2 Å². The van der Waals surface area contributed by atoms with E-state index in [9.17, 15) is 24.3 Å². The average molecular weight is 813 g/mol. The largest absolute Gasteiger partial charge is 0.504 e. The molecule has 10 rings (SSSR count). The van der Waals surface area contributed by atoms with Crippen LogP contribution in [0, 0.1) is 17.3 Å². The van der Waals surface area contributed by atoms with Crippen molar-refractivity contribution in [3.8, 4) is 17.2 Å². The summed E-state index contributed by atoms with van der Waals surface area (Å²) < 4.78 is 18.7. The van der Waals surface area contributed by atoms with Gasteiger partial charge in [-0.15, -0.1) is 13.2 Å². The van der Waals surface area contributed by atoms with Crippen molar-refractivity contribution in [2.24, 2.45) is 17.3 Å². The molecule has 8 aliphatic rings. The molecule has 4 fully saturated rings. The molecule has 8 atom stereocenters. The lowest BCUT2D eigenvalue weighted by molar-refractivity contribution is -0.168. The standard InChI is InChI=1S/C26H35NO4.C17H19NO3.C3H6O2.C2H4/c1-7-24(2,3)23(29)31-25(4,5)17-9-8-15-14-18-16-10-11-19(28)22-26(16,12-13-27(18)6)20(15)21(17)30-22;1-18-7-6-17-10-3-5-13(20)16(17)21-15-12(19)4-2-9(14(15)17)8-11(10)18;1-2-3(4)5;1-2/h8-9,16,18,22H,7,10-14H2,1-6H3;2,4,10-11,16,19H,3,5-8H2,1H3;2H2,1H3,(H,4,5);1-2H2/t16-,18+,22-,26-;10-,11+,16-,17-;;/m00../s1. The summed E-state index contributed by atoms with van der Waals surface area (Å²) in [6.07, 6.45) is 7.22. The second kappa shape index (κ2) is 15.4. The SMILES string of the molecule is C=C.CCC(=O)O.CCC(C)(C)C(=O)OC(C)(C)c1ccc2c3c1O[C@H]1C(=O)CC[C@H]4[C@@H](C2)N(C)CC[C@]314.CN1CC[C@]23c4c5ccc(O)c4O[C@H]2C(=O)CC[C@H]3[C@H]1C5. The molecule has 2 aromatic rings. The Kier molecular flexibility index (Phi) is 11.2. The maximum Gasteiger partial charge on any atom is 0.312 e. The fourth-order valence-corrected chi connectivity index (χ4v) is 12.1. The number of carboxylic acids is 1. The number of ether oxygens (including phenoxy) is 3. The molecule has 11 nitrogen and oxygen atoms in total. The molecule has 2 saturated heterocycles. The van der Waals surface area contributed by atoms with E-state index in [1.54, 1.807) is 13.0 Å². The zero-order chi connectivity index (χ0) is 43.0. The predicted octanol–water partition coefficient (Wildman–Crippen LogP) is 7.05. The summed E-state index contributed by atoms with van der Waals surface area (Å²) >= 11 is 0. The molecule has 4 aliphatic carbocycles. The summed E-state index contributed by atoms with van der Waals surface area (Å²) in [6.45, 7) is 19.3. The lowest BCUT2D eigenvalue weighted by atomic mass is 9.51. The van der Waals surface area contributed by atoms with E-state index in [0.29, 0.717) is 48.9 Å². The first kappa shape index (κ1) is 42.9. The number of esters is 1. The number of aromatic hydroxyl groups is 1. The minimum Gasteiger partial charge on any atom is -0.504 e. The Labute approximate surface area is 349 Å². The van der Waals surface area contributed by atoms with Crippen LogP contribution in [-0.2, 0) is 53.2 Å². The van der Waals surface area contributed by atoms with Crippen LogP contribution in [0.3, 0.4) is 0 Å². The Morgan fingerprint density at radius 2 is 1.27 bits per heavy atom. The van der Waals surface area contributed by atoms with Crippen LogP contribution in [0.2, 0.25) is 0 Å². The van der Waals surface area contributed by atoms with Gasteiger partial charge in [0.25, 0.3) is 0 Å². The van der Waals surface area contributed by atoms with Crippen molar-refractivity contribution < 1.29 is 43.6 Å². The predicted molar refractivity (Wildman–Crippen MR) is 224 cm³/mol. The summed E-state index contributed by atoms with van der Waals surface area (Å²) in [5, 5.41) is 17.9. The normalized spacial score (nSPS) is 31.6. The van der Waals surface area contributed by atoms with Gasteiger partial charge in [-0.05, 0) is 129 Å². The molecular formula is C48H64N2O9. The molecule has 2 saturated carbocycles. The van der Waals surface area contributed by atoms with Crippen molar-refractivity contribution in [1.82, 2.24) is 9.80 Å². The summed E-state index contributed by atoms with van der Waals surface area (Å²) in [4.78, 5) is 52.8. The van der Waals surface area contributed by atoms with Gasteiger partial charge in [-0.1, -0.05) is 32.0 Å². The van der Waals surface area contributed by atoms with Gasteiger partial charge in [0.15, 0.2) is 35.3 Å². The smallest absolute Gasteiger partial charge is 0.312 e. The monoisotopic (exact) mass is 812 g/mol. The molecule has 59 heavy (non-hydrogen) atoms. The number of phenolic OH excluding ortho intramolecular Hbond substituents is 1. The van der Waals surface area contributed by atoms with Crippen molar-refractivity contribution in [2.45, 2.75) is 146 Å². The number of aliphatic carboxylic acids is 1. The maximum absolute atomic E-state index is 13.1. The molecule has 11 heteroatoms. The Balaban J connectivity index is 0.000000162. The van der Waals surface area contributed by atoms with Gasteiger partial charge in [0.1, 0.15) is 11.4 Å². The van der Waals surface area contributed by atoms with Gasteiger partial charge in [-0.2, -0.15) is 0 Å². The van der Waals surface area contributed by atoms with E-state index in [1.807, 2.05) is 40.7 Å². The molecule has 4 aliphatic heterocycles. The number of ketones is 2. The number of rotatable bonds is 5. The molecule has 320 valence electrons. The van der Waals surface area contributed by atoms with Crippen LogP contribution in [-0.4, -0.2) is 95.0 Å². The Bertz CT molecular complexity index is 2040. The quantitative estimate of drug-likeness (QED) is 0.237. The van der Waals surface area contributed by atoms with Crippen molar-refractivity contribution >= 4 is 23.5 Å². The summed E-state index contributed by atoms with van der Waals surface area (Å²) in [7, 11) is 4.42. The number of carboxylic acid groups (broad SMARTS) is 1.